The van der Waals surface area contributed by atoms with E-state index in [2.05, 4.69) is 9.97 Å². The van der Waals surface area contributed by atoms with Crippen LogP contribution in [-0.4, -0.2) is 16.6 Å². The summed E-state index contributed by atoms with van der Waals surface area (Å²) in [5.74, 6) is 0.892. The minimum Gasteiger partial charge on any atom is -0.384 e. The van der Waals surface area contributed by atoms with Crippen molar-refractivity contribution in [2.45, 2.75) is 13.5 Å². The van der Waals surface area contributed by atoms with Gasteiger partial charge in [-0.1, -0.05) is 23.2 Å². The number of rotatable bonds is 4. The fourth-order valence-corrected chi connectivity index (χ4v) is 1.99. The molecule has 2 rings (SSSR count). The molecule has 0 saturated heterocycles. The van der Waals surface area contributed by atoms with Gasteiger partial charge < -0.3 is 10.5 Å². The van der Waals surface area contributed by atoms with Gasteiger partial charge in [-0.05, 0) is 25.1 Å². The molecule has 0 radical (unpaired) electrons. The molecule has 0 aliphatic heterocycles. The monoisotopic (exact) mass is 297 g/mol. The summed E-state index contributed by atoms with van der Waals surface area (Å²) < 4.78 is 5.28. The largest absolute Gasteiger partial charge is 0.384 e. The minimum atomic E-state index is 0.312. The zero-order chi connectivity index (χ0) is 13.8. The molecule has 2 N–H and O–H groups in total. The van der Waals surface area contributed by atoms with Crippen molar-refractivity contribution in [1.82, 2.24) is 9.97 Å². The highest BCUT2D eigenvalue weighted by atomic mass is 35.5. The third kappa shape index (κ3) is 3.56. The van der Waals surface area contributed by atoms with Crippen LogP contribution in [0.15, 0.2) is 24.3 Å². The van der Waals surface area contributed by atoms with Gasteiger partial charge in [0.25, 0.3) is 0 Å². The van der Waals surface area contributed by atoms with Crippen LogP contribution in [0.25, 0.3) is 11.3 Å². The molecule has 1 heterocycles. The van der Waals surface area contributed by atoms with Crippen LogP contribution in [0.3, 0.4) is 0 Å². The predicted molar refractivity (Wildman–Crippen MR) is 77.2 cm³/mol. The number of halogens is 2. The maximum atomic E-state index is 6.15. The normalized spacial score (nSPS) is 10.7. The first kappa shape index (κ1) is 14.1. The van der Waals surface area contributed by atoms with E-state index >= 15 is 0 Å². The SMILES string of the molecule is CCOCc1nc(N)cc(-c2cc(Cl)ccc2Cl)n1. The second kappa shape index (κ2) is 6.19. The van der Waals surface area contributed by atoms with Gasteiger partial charge in [0.1, 0.15) is 12.4 Å². The van der Waals surface area contributed by atoms with Gasteiger partial charge in [-0.2, -0.15) is 0 Å². The molecule has 1 aromatic heterocycles. The van der Waals surface area contributed by atoms with E-state index in [4.69, 9.17) is 33.7 Å². The molecule has 0 amide bonds. The molecule has 0 saturated carbocycles. The number of aromatic nitrogens is 2. The van der Waals surface area contributed by atoms with E-state index in [1.54, 1.807) is 24.3 Å². The number of ether oxygens (including phenoxy) is 1. The molecule has 4 nitrogen and oxygen atoms in total. The summed E-state index contributed by atoms with van der Waals surface area (Å²) in [7, 11) is 0. The van der Waals surface area contributed by atoms with Crippen molar-refractivity contribution in [3.8, 4) is 11.3 Å². The van der Waals surface area contributed by atoms with Crippen LogP contribution in [0.1, 0.15) is 12.7 Å². The molecule has 100 valence electrons. The quantitative estimate of drug-likeness (QED) is 0.937. The Balaban J connectivity index is 2.43. The summed E-state index contributed by atoms with van der Waals surface area (Å²) >= 11 is 12.1. The van der Waals surface area contributed by atoms with Gasteiger partial charge in [0.15, 0.2) is 5.82 Å². The van der Waals surface area contributed by atoms with Gasteiger partial charge in [-0.15, -0.1) is 0 Å². The second-order valence-corrected chi connectivity index (χ2v) is 4.70. The summed E-state index contributed by atoms with van der Waals surface area (Å²) in [4.78, 5) is 8.50. The van der Waals surface area contributed by atoms with E-state index in [1.807, 2.05) is 6.92 Å². The van der Waals surface area contributed by atoms with Crippen molar-refractivity contribution < 1.29 is 4.74 Å². The van der Waals surface area contributed by atoms with E-state index < -0.39 is 0 Å². The van der Waals surface area contributed by atoms with Crippen LogP contribution in [-0.2, 0) is 11.3 Å². The fourth-order valence-electron chi connectivity index (χ4n) is 1.61. The summed E-state index contributed by atoms with van der Waals surface area (Å²) in [5, 5.41) is 1.15. The fraction of sp³-hybridized carbons (Fsp3) is 0.231. The third-order valence-electron chi connectivity index (χ3n) is 2.43. The molecule has 6 heteroatoms. The smallest absolute Gasteiger partial charge is 0.157 e. The predicted octanol–water partition coefficient (Wildman–Crippen LogP) is 3.57. The van der Waals surface area contributed by atoms with Crippen molar-refractivity contribution in [3.05, 3.63) is 40.1 Å². The van der Waals surface area contributed by atoms with Crippen LogP contribution in [0.4, 0.5) is 5.82 Å². The molecule has 2 aromatic rings. The first-order valence-corrected chi connectivity index (χ1v) is 6.52. The highest BCUT2D eigenvalue weighted by molar-refractivity contribution is 6.35. The third-order valence-corrected chi connectivity index (χ3v) is 3.00. The Labute approximate surface area is 121 Å². The highest BCUT2D eigenvalue weighted by Gasteiger charge is 2.09. The summed E-state index contributed by atoms with van der Waals surface area (Å²) in [5.41, 5.74) is 7.13. The van der Waals surface area contributed by atoms with E-state index in [9.17, 15) is 0 Å². The van der Waals surface area contributed by atoms with E-state index in [-0.39, 0.29) is 0 Å². The molecule has 0 unspecified atom stereocenters. The van der Waals surface area contributed by atoms with Crippen molar-refractivity contribution >= 4 is 29.0 Å². The van der Waals surface area contributed by atoms with Crippen molar-refractivity contribution in [3.63, 3.8) is 0 Å². The lowest BCUT2D eigenvalue weighted by Crippen LogP contribution is -2.03. The lowest BCUT2D eigenvalue weighted by atomic mass is 10.1. The van der Waals surface area contributed by atoms with Crippen LogP contribution >= 0.6 is 23.2 Å². The molecular weight excluding hydrogens is 285 g/mol. The second-order valence-electron chi connectivity index (χ2n) is 3.86. The van der Waals surface area contributed by atoms with Gasteiger partial charge >= 0.3 is 0 Å². The van der Waals surface area contributed by atoms with Crippen LogP contribution < -0.4 is 5.73 Å². The van der Waals surface area contributed by atoms with Crippen molar-refractivity contribution in [2.24, 2.45) is 0 Å². The molecule has 0 atom stereocenters. The standard InChI is InChI=1S/C13H13Cl2N3O/c1-2-19-7-13-17-11(6-12(16)18-13)9-5-8(14)3-4-10(9)15/h3-6H,2,7H2,1H3,(H2,16,17,18). The van der Waals surface area contributed by atoms with Crippen LogP contribution in [0.2, 0.25) is 10.0 Å². The highest BCUT2D eigenvalue weighted by Crippen LogP contribution is 2.30. The molecule has 0 aliphatic carbocycles. The number of nitrogens with two attached hydrogens (primary N) is 1. The zero-order valence-corrected chi connectivity index (χ0v) is 11.9. The lowest BCUT2D eigenvalue weighted by molar-refractivity contribution is 0.128. The Hall–Kier alpha value is -1.36. The van der Waals surface area contributed by atoms with Crippen molar-refractivity contribution in [1.29, 1.82) is 0 Å². The van der Waals surface area contributed by atoms with Gasteiger partial charge in [0.2, 0.25) is 0 Å². The van der Waals surface area contributed by atoms with Gasteiger partial charge in [-0.3, -0.25) is 0 Å². The molecule has 0 aliphatic rings. The Morgan fingerprint density at radius 1 is 1.21 bits per heavy atom. The van der Waals surface area contributed by atoms with Gasteiger partial charge in [-0.25, -0.2) is 9.97 Å². The minimum absolute atomic E-state index is 0.312. The number of hydrogen-bond donors (Lipinski definition) is 1. The Morgan fingerprint density at radius 2 is 2.00 bits per heavy atom. The Bertz CT molecular complexity index is 590. The van der Waals surface area contributed by atoms with E-state index in [0.717, 1.165) is 5.56 Å². The summed E-state index contributed by atoms with van der Waals surface area (Å²) in [6.45, 7) is 2.80. The number of hydrogen-bond acceptors (Lipinski definition) is 4. The number of nitrogens with zero attached hydrogens (tertiary/aromatic N) is 2. The number of anilines is 1. The van der Waals surface area contributed by atoms with E-state index in [0.29, 0.717) is 40.6 Å². The summed E-state index contributed by atoms with van der Waals surface area (Å²) in [6.07, 6.45) is 0. The van der Waals surface area contributed by atoms with Crippen molar-refractivity contribution in [2.75, 3.05) is 12.3 Å². The first-order chi connectivity index (χ1) is 9.10. The molecule has 19 heavy (non-hydrogen) atoms. The maximum absolute atomic E-state index is 6.15. The molecular formula is C13H13Cl2N3O. The Kier molecular flexibility index (Phi) is 4.58. The van der Waals surface area contributed by atoms with Gasteiger partial charge in [0.05, 0.1) is 10.7 Å². The van der Waals surface area contributed by atoms with E-state index in [1.165, 1.54) is 0 Å². The number of benzene rings is 1. The molecule has 0 spiro atoms. The summed E-state index contributed by atoms with van der Waals surface area (Å²) in [6, 6.07) is 6.85. The number of nitrogen functional groups attached to an aromatic ring is 1. The first-order valence-electron chi connectivity index (χ1n) is 5.76. The zero-order valence-electron chi connectivity index (χ0n) is 10.4. The van der Waals surface area contributed by atoms with Crippen LogP contribution in [0, 0.1) is 0 Å². The Morgan fingerprint density at radius 3 is 2.74 bits per heavy atom. The topological polar surface area (TPSA) is 61.0 Å². The molecule has 0 fully saturated rings. The van der Waals surface area contributed by atoms with Crippen LogP contribution in [0.5, 0.6) is 0 Å². The average Bonchev–Trinajstić information content (AvgIpc) is 2.38. The molecule has 0 bridgehead atoms. The average molecular weight is 298 g/mol. The molecule has 1 aromatic carbocycles. The van der Waals surface area contributed by atoms with Gasteiger partial charge in [0, 0.05) is 23.3 Å². The maximum Gasteiger partial charge on any atom is 0.157 e. The lowest BCUT2D eigenvalue weighted by Gasteiger charge is -2.08.